The summed E-state index contributed by atoms with van der Waals surface area (Å²) >= 11 is 2.08. The molecule has 1 unspecified atom stereocenters. The highest BCUT2D eigenvalue weighted by Gasteiger charge is 2.19. The largest absolute Gasteiger partial charge is 0.307 e. The molecule has 94 valence electrons. The van der Waals surface area contributed by atoms with Crippen molar-refractivity contribution in [1.29, 1.82) is 0 Å². The lowest BCUT2D eigenvalue weighted by Crippen LogP contribution is -2.37. The summed E-state index contributed by atoms with van der Waals surface area (Å²) in [6.45, 7) is 5.43. The van der Waals surface area contributed by atoms with Crippen molar-refractivity contribution in [2.45, 2.75) is 25.1 Å². The number of rotatable bonds is 4. The van der Waals surface area contributed by atoms with Gasteiger partial charge >= 0.3 is 0 Å². The lowest BCUT2D eigenvalue weighted by molar-refractivity contribution is 0.270. The molecule has 1 aromatic heterocycles. The summed E-state index contributed by atoms with van der Waals surface area (Å²) in [6.07, 6.45) is 4.70. The average Bonchev–Trinajstić information content (AvgIpc) is 2.40. The van der Waals surface area contributed by atoms with E-state index in [-0.39, 0.29) is 0 Å². The van der Waals surface area contributed by atoms with Crippen LogP contribution in [0.4, 0.5) is 5.82 Å². The number of nitrogens with zero attached hydrogens (tertiary/aromatic N) is 3. The van der Waals surface area contributed by atoms with E-state index in [1.807, 2.05) is 0 Å². The number of hydrogen-bond acceptors (Lipinski definition) is 6. The lowest BCUT2D eigenvalue weighted by Gasteiger charge is -2.31. The fourth-order valence-electron chi connectivity index (χ4n) is 1.91. The van der Waals surface area contributed by atoms with Gasteiger partial charge in [0, 0.05) is 30.6 Å². The van der Waals surface area contributed by atoms with Crippen molar-refractivity contribution in [3.63, 3.8) is 0 Å². The Hall–Kier alpha value is -0.850. The minimum atomic E-state index is 0.606. The van der Waals surface area contributed by atoms with Crippen LogP contribution in [-0.2, 0) is 6.54 Å². The maximum absolute atomic E-state index is 5.25. The monoisotopic (exact) mass is 253 g/mol. The zero-order valence-electron chi connectivity index (χ0n) is 10.1. The Morgan fingerprint density at radius 3 is 3.06 bits per heavy atom. The van der Waals surface area contributed by atoms with Crippen LogP contribution in [0.15, 0.2) is 12.4 Å². The van der Waals surface area contributed by atoms with E-state index < -0.39 is 0 Å². The summed E-state index contributed by atoms with van der Waals surface area (Å²) in [4.78, 5) is 11.0. The van der Waals surface area contributed by atoms with Crippen molar-refractivity contribution >= 4 is 17.6 Å². The number of nitrogen functional groups attached to an aromatic ring is 1. The third kappa shape index (κ3) is 3.55. The van der Waals surface area contributed by atoms with Crippen LogP contribution in [0.5, 0.6) is 0 Å². The Kier molecular flexibility index (Phi) is 4.58. The number of nitrogens with two attached hydrogens (primary N) is 1. The SMILES string of the molecule is CCC1CN(Cc2cnc(NN)cn2)CCS1. The van der Waals surface area contributed by atoms with Crippen LogP contribution in [-0.4, -0.2) is 39.0 Å². The number of hydrazine groups is 1. The molecule has 1 fully saturated rings. The molecule has 1 saturated heterocycles. The number of aromatic nitrogens is 2. The highest BCUT2D eigenvalue weighted by molar-refractivity contribution is 8.00. The van der Waals surface area contributed by atoms with Gasteiger partial charge in [-0.15, -0.1) is 0 Å². The smallest absolute Gasteiger partial charge is 0.158 e. The maximum Gasteiger partial charge on any atom is 0.158 e. The molecule has 1 aromatic rings. The van der Waals surface area contributed by atoms with Crippen LogP contribution in [0.2, 0.25) is 0 Å². The van der Waals surface area contributed by atoms with Crippen LogP contribution in [0.25, 0.3) is 0 Å². The fourth-order valence-corrected chi connectivity index (χ4v) is 3.16. The van der Waals surface area contributed by atoms with E-state index in [1.54, 1.807) is 12.4 Å². The average molecular weight is 253 g/mol. The van der Waals surface area contributed by atoms with Gasteiger partial charge in [0.2, 0.25) is 0 Å². The summed E-state index contributed by atoms with van der Waals surface area (Å²) < 4.78 is 0. The molecule has 0 spiro atoms. The zero-order valence-corrected chi connectivity index (χ0v) is 10.9. The van der Waals surface area contributed by atoms with Gasteiger partial charge in [-0.2, -0.15) is 11.8 Å². The molecule has 0 bridgehead atoms. The third-order valence-electron chi connectivity index (χ3n) is 2.92. The first-order valence-corrected chi connectivity index (χ1v) is 6.98. The maximum atomic E-state index is 5.25. The van der Waals surface area contributed by atoms with Crippen molar-refractivity contribution in [2.24, 2.45) is 5.84 Å². The summed E-state index contributed by atoms with van der Waals surface area (Å²) in [6, 6.07) is 0. The molecule has 5 nitrogen and oxygen atoms in total. The van der Waals surface area contributed by atoms with Gasteiger partial charge in [0.25, 0.3) is 0 Å². The van der Waals surface area contributed by atoms with E-state index in [1.165, 1.54) is 12.2 Å². The summed E-state index contributed by atoms with van der Waals surface area (Å²) in [5.41, 5.74) is 3.49. The zero-order chi connectivity index (χ0) is 12.1. The highest BCUT2D eigenvalue weighted by atomic mass is 32.2. The highest BCUT2D eigenvalue weighted by Crippen LogP contribution is 2.21. The number of anilines is 1. The molecule has 0 amide bonds. The van der Waals surface area contributed by atoms with Gasteiger partial charge < -0.3 is 5.43 Å². The standard InChI is InChI=1S/C11H19N5S/c1-2-10-8-16(3-4-17-10)7-9-5-14-11(15-12)6-13-9/h5-6,10H,2-4,7-8,12H2,1H3,(H,14,15). The molecule has 2 rings (SSSR count). The predicted molar refractivity (Wildman–Crippen MR) is 71.7 cm³/mol. The van der Waals surface area contributed by atoms with E-state index in [9.17, 15) is 0 Å². The fraction of sp³-hybridized carbons (Fsp3) is 0.636. The molecular weight excluding hydrogens is 234 g/mol. The predicted octanol–water partition coefficient (Wildman–Crippen LogP) is 1.09. The number of thioether (sulfide) groups is 1. The van der Waals surface area contributed by atoms with Gasteiger partial charge in [-0.3, -0.25) is 9.88 Å². The van der Waals surface area contributed by atoms with Gasteiger partial charge in [-0.25, -0.2) is 10.8 Å². The van der Waals surface area contributed by atoms with E-state index in [4.69, 9.17) is 5.84 Å². The topological polar surface area (TPSA) is 67.1 Å². The first-order chi connectivity index (χ1) is 8.31. The second kappa shape index (κ2) is 6.18. The summed E-state index contributed by atoms with van der Waals surface area (Å²) in [5.74, 6) is 7.08. The van der Waals surface area contributed by atoms with E-state index >= 15 is 0 Å². The van der Waals surface area contributed by atoms with Crippen LogP contribution in [0.3, 0.4) is 0 Å². The Bertz CT molecular complexity index is 342. The van der Waals surface area contributed by atoms with Gasteiger partial charge in [0.1, 0.15) is 0 Å². The van der Waals surface area contributed by atoms with Gasteiger partial charge in [-0.1, -0.05) is 6.92 Å². The van der Waals surface area contributed by atoms with Crippen LogP contribution in [0.1, 0.15) is 19.0 Å². The quantitative estimate of drug-likeness (QED) is 0.618. The van der Waals surface area contributed by atoms with Gasteiger partial charge in [0.05, 0.1) is 18.1 Å². The Balaban J connectivity index is 1.90. The van der Waals surface area contributed by atoms with Crippen molar-refractivity contribution in [3.05, 3.63) is 18.1 Å². The molecule has 6 heteroatoms. The Morgan fingerprint density at radius 1 is 1.53 bits per heavy atom. The Morgan fingerprint density at radius 2 is 2.41 bits per heavy atom. The summed E-state index contributed by atoms with van der Waals surface area (Å²) in [5, 5.41) is 0.765. The molecule has 1 aliphatic heterocycles. The van der Waals surface area contributed by atoms with Crippen LogP contribution < -0.4 is 11.3 Å². The number of hydrogen-bond donors (Lipinski definition) is 2. The molecule has 1 atom stereocenters. The Labute approximate surface area is 106 Å². The molecule has 3 N–H and O–H groups in total. The molecular formula is C11H19N5S. The van der Waals surface area contributed by atoms with Crippen LogP contribution >= 0.6 is 11.8 Å². The molecule has 17 heavy (non-hydrogen) atoms. The van der Waals surface area contributed by atoms with E-state index in [0.29, 0.717) is 5.82 Å². The van der Waals surface area contributed by atoms with E-state index in [0.717, 1.165) is 30.6 Å². The molecule has 2 heterocycles. The molecule has 1 aliphatic rings. The van der Waals surface area contributed by atoms with Crippen LogP contribution in [0, 0.1) is 0 Å². The first kappa shape index (κ1) is 12.6. The minimum Gasteiger partial charge on any atom is -0.307 e. The third-order valence-corrected chi connectivity index (χ3v) is 4.29. The molecule has 0 radical (unpaired) electrons. The van der Waals surface area contributed by atoms with E-state index in [2.05, 4.69) is 39.0 Å². The molecule has 0 aliphatic carbocycles. The summed E-state index contributed by atoms with van der Waals surface area (Å²) in [7, 11) is 0. The van der Waals surface area contributed by atoms with Gasteiger partial charge in [-0.05, 0) is 6.42 Å². The number of nitrogens with one attached hydrogen (secondary N) is 1. The normalized spacial score (nSPS) is 21.4. The molecule has 0 saturated carbocycles. The lowest BCUT2D eigenvalue weighted by atomic mass is 10.3. The van der Waals surface area contributed by atoms with Crippen molar-refractivity contribution in [3.8, 4) is 0 Å². The van der Waals surface area contributed by atoms with Gasteiger partial charge in [0.15, 0.2) is 5.82 Å². The van der Waals surface area contributed by atoms with Crippen molar-refractivity contribution in [1.82, 2.24) is 14.9 Å². The first-order valence-electron chi connectivity index (χ1n) is 5.93. The second-order valence-corrected chi connectivity index (χ2v) is 5.58. The van der Waals surface area contributed by atoms with Crippen molar-refractivity contribution in [2.75, 3.05) is 24.3 Å². The van der Waals surface area contributed by atoms with Crippen molar-refractivity contribution < 1.29 is 0 Å². The molecule has 0 aromatic carbocycles. The minimum absolute atomic E-state index is 0.606. The second-order valence-electron chi connectivity index (χ2n) is 4.17.